The molecule has 0 aliphatic heterocycles. The van der Waals surface area contributed by atoms with E-state index in [1.165, 1.54) is 83.5 Å². The van der Waals surface area contributed by atoms with Gasteiger partial charge in [-0.2, -0.15) is 0 Å². The normalized spacial score (nSPS) is 11.6. The zero-order valence-corrected chi connectivity index (χ0v) is 25.2. The standard InChI is InChI=1S/C33H45S/c1-16-19(4)25(10)31(26(11)20(16)5)34(32-27(12)21(6)17(2)22(7)28(32)13)33-29(14)23(8)18(3)24(9)30(33)15/h1-15H3/q+1. The van der Waals surface area contributed by atoms with E-state index in [-0.39, 0.29) is 10.9 Å². The molecule has 0 N–H and O–H groups in total. The van der Waals surface area contributed by atoms with E-state index in [1.807, 2.05) is 0 Å². The topological polar surface area (TPSA) is 0 Å². The van der Waals surface area contributed by atoms with Crippen LogP contribution in [0.1, 0.15) is 83.5 Å². The van der Waals surface area contributed by atoms with Gasteiger partial charge in [0, 0.05) is 33.4 Å². The molecule has 3 aromatic rings. The van der Waals surface area contributed by atoms with Crippen LogP contribution in [-0.2, 0) is 10.9 Å². The lowest BCUT2D eigenvalue weighted by Gasteiger charge is -2.25. The van der Waals surface area contributed by atoms with Gasteiger partial charge in [0.2, 0.25) is 0 Å². The van der Waals surface area contributed by atoms with E-state index in [2.05, 4.69) is 104 Å². The first-order chi connectivity index (χ1) is 15.7. The van der Waals surface area contributed by atoms with Crippen LogP contribution in [0.2, 0.25) is 0 Å². The molecule has 0 aliphatic carbocycles. The molecule has 0 aliphatic rings. The maximum absolute atomic E-state index is 2.36. The summed E-state index contributed by atoms with van der Waals surface area (Å²) in [6.07, 6.45) is 0. The molecule has 0 bridgehead atoms. The average Bonchev–Trinajstić information content (AvgIpc) is 2.81. The van der Waals surface area contributed by atoms with Gasteiger partial charge in [-0.05, 0) is 154 Å². The highest BCUT2D eigenvalue weighted by Crippen LogP contribution is 2.46. The van der Waals surface area contributed by atoms with Crippen molar-refractivity contribution in [1.29, 1.82) is 0 Å². The van der Waals surface area contributed by atoms with Gasteiger partial charge in [-0.15, -0.1) is 0 Å². The van der Waals surface area contributed by atoms with E-state index in [0.29, 0.717) is 0 Å². The third kappa shape index (κ3) is 3.76. The Hall–Kier alpha value is -1.99. The Morgan fingerprint density at radius 2 is 0.324 bits per heavy atom. The molecule has 34 heavy (non-hydrogen) atoms. The third-order valence-electron chi connectivity index (χ3n) is 9.41. The summed E-state index contributed by atoms with van der Waals surface area (Å²) in [5, 5.41) is 0. The fourth-order valence-corrected chi connectivity index (χ4v) is 8.99. The lowest BCUT2D eigenvalue weighted by molar-refractivity contribution is 1.03. The summed E-state index contributed by atoms with van der Waals surface area (Å²) in [5.74, 6) is 0. The summed E-state index contributed by atoms with van der Waals surface area (Å²) < 4.78 is 0. The first-order valence-electron chi connectivity index (χ1n) is 12.6. The molecule has 0 nitrogen and oxygen atoms in total. The van der Waals surface area contributed by atoms with Gasteiger partial charge in [0.25, 0.3) is 0 Å². The van der Waals surface area contributed by atoms with E-state index in [0.717, 1.165) is 0 Å². The van der Waals surface area contributed by atoms with Gasteiger partial charge < -0.3 is 0 Å². The van der Waals surface area contributed by atoms with Crippen LogP contribution in [-0.4, -0.2) is 0 Å². The predicted octanol–water partition coefficient (Wildman–Crippen LogP) is 9.41. The molecule has 182 valence electrons. The predicted molar refractivity (Wildman–Crippen MR) is 153 cm³/mol. The molecule has 1 heteroatoms. The van der Waals surface area contributed by atoms with E-state index < -0.39 is 0 Å². The lowest BCUT2D eigenvalue weighted by atomic mass is 9.94. The minimum Gasteiger partial charge on any atom is -0.0444 e. The Morgan fingerprint density at radius 1 is 0.206 bits per heavy atom. The van der Waals surface area contributed by atoms with Crippen molar-refractivity contribution < 1.29 is 0 Å². The molecule has 0 amide bonds. The van der Waals surface area contributed by atoms with Crippen LogP contribution in [0, 0.1) is 104 Å². The maximum atomic E-state index is 2.36. The summed E-state index contributed by atoms with van der Waals surface area (Å²) in [7, 11) is -0.171. The maximum Gasteiger partial charge on any atom is 0.172 e. The second-order valence-electron chi connectivity index (χ2n) is 10.7. The first-order valence-corrected chi connectivity index (χ1v) is 13.8. The minimum atomic E-state index is -0.171. The molecule has 0 saturated carbocycles. The molecule has 0 spiro atoms. The zero-order valence-electron chi connectivity index (χ0n) is 24.4. The molecular weight excluding hydrogens is 428 g/mol. The van der Waals surface area contributed by atoms with Crippen molar-refractivity contribution in [3.05, 3.63) is 83.5 Å². The van der Waals surface area contributed by atoms with E-state index >= 15 is 0 Å². The molecule has 0 atom stereocenters. The third-order valence-corrected chi connectivity index (χ3v) is 12.5. The summed E-state index contributed by atoms with van der Waals surface area (Å²) in [6.45, 7) is 35.0. The van der Waals surface area contributed by atoms with Crippen molar-refractivity contribution in [1.82, 2.24) is 0 Å². The van der Waals surface area contributed by atoms with Crippen LogP contribution < -0.4 is 0 Å². The van der Waals surface area contributed by atoms with Crippen LogP contribution in [0.25, 0.3) is 0 Å². The van der Waals surface area contributed by atoms with Crippen molar-refractivity contribution in [3.8, 4) is 0 Å². The zero-order chi connectivity index (χ0) is 26.0. The Balaban J connectivity index is 2.68. The number of hydrogen-bond acceptors (Lipinski definition) is 0. The van der Waals surface area contributed by atoms with Gasteiger partial charge in [0.1, 0.15) is 10.9 Å². The van der Waals surface area contributed by atoms with Crippen LogP contribution in [0.4, 0.5) is 0 Å². The fraction of sp³-hybridized carbons (Fsp3) is 0.455. The summed E-state index contributed by atoms with van der Waals surface area (Å²) >= 11 is 0. The SMILES string of the molecule is Cc1c(C)c(C)c([S+](c2c(C)c(C)c(C)c(C)c2C)c2c(C)c(C)c(C)c(C)c2C)c(C)c1C. The summed E-state index contributed by atoms with van der Waals surface area (Å²) in [4.78, 5) is 4.63. The van der Waals surface area contributed by atoms with Gasteiger partial charge in [0.15, 0.2) is 14.7 Å². The molecule has 3 rings (SSSR count). The van der Waals surface area contributed by atoms with Gasteiger partial charge >= 0.3 is 0 Å². The molecule has 3 aromatic carbocycles. The second-order valence-corrected chi connectivity index (χ2v) is 12.5. The molecule has 0 aromatic heterocycles. The van der Waals surface area contributed by atoms with Crippen molar-refractivity contribution in [2.75, 3.05) is 0 Å². The number of hydrogen-bond donors (Lipinski definition) is 0. The van der Waals surface area contributed by atoms with Crippen molar-refractivity contribution in [3.63, 3.8) is 0 Å². The van der Waals surface area contributed by atoms with Crippen molar-refractivity contribution in [2.45, 2.75) is 119 Å². The van der Waals surface area contributed by atoms with Gasteiger partial charge in [-0.1, -0.05) is 0 Å². The Bertz CT molecular complexity index is 1080. The van der Waals surface area contributed by atoms with Crippen molar-refractivity contribution in [2.24, 2.45) is 0 Å². The van der Waals surface area contributed by atoms with Gasteiger partial charge in [0.05, 0.1) is 0 Å². The highest BCUT2D eigenvalue weighted by molar-refractivity contribution is 7.97. The lowest BCUT2D eigenvalue weighted by Crippen LogP contribution is -2.19. The minimum absolute atomic E-state index is 0.171. The Kier molecular flexibility index (Phi) is 7.22. The molecule has 0 radical (unpaired) electrons. The van der Waals surface area contributed by atoms with Crippen LogP contribution >= 0.6 is 0 Å². The largest absolute Gasteiger partial charge is 0.172 e. The van der Waals surface area contributed by atoms with E-state index in [1.54, 1.807) is 14.7 Å². The Morgan fingerprint density at radius 3 is 0.471 bits per heavy atom. The van der Waals surface area contributed by atoms with Crippen LogP contribution in [0.5, 0.6) is 0 Å². The van der Waals surface area contributed by atoms with Crippen LogP contribution in [0.15, 0.2) is 14.7 Å². The highest BCUT2D eigenvalue weighted by Gasteiger charge is 2.41. The first kappa shape index (κ1) is 26.6. The number of rotatable bonds is 3. The van der Waals surface area contributed by atoms with Gasteiger partial charge in [-0.3, -0.25) is 0 Å². The number of benzene rings is 3. The molecule has 0 fully saturated rings. The monoisotopic (exact) mass is 473 g/mol. The molecule has 0 heterocycles. The Labute approximate surface area is 212 Å². The second kappa shape index (κ2) is 9.23. The van der Waals surface area contributed by atoms with Crippen molar-refractivity contribution >= 4 is 10.9 Å². The van der Waals surface area contributed by atoms with Crippen LogP contribution in [0.3, 0.4) is 0 Å². The smallest absolute Gasteiger partial charge is 0.0444 e. The average molecular weight is 474 g/mol. The van der Waals surface area contributed by atoms with E-state index in [4.69, 9.17) is 0 Å². The summed E-state index contributed by atoms with van der Waals surface area (Å²) in [6, 6.07) is 0. The molecular formula is C33H45S+. The molecule has 0 saturated heterocycles. The summed E-state index contributed by atoms with van der Waals surface area (Å²) in [5.41, 5.74) is 21.8. The quantitative estimate of drug-likeness (QED) is 0.332. The van der Waals surface area contributed by atoms with Gasteiger partial charge in [-0.25, -0.2) is 0 Å². The molecule has 0 unspecified atom stereocenters. The van der Waals surface area contributed by atoms with E-state index in [9.17, 15) is 0 Å². The highest BCUT2D eigenvalue weighted by atomic mass is 32.2. The fourth-order valence-electron chi connectivity index (χ4n) is 5.62.